The molecule has 0 spiro atoms. The van der Waals surface area contributed by atoms with E-state index in [0.29, 0.717) is 6.54 Å². The largest absolute Gasteiger partial charge is 0.340 e. The Hall–Kier alpha value is -1.35. The highest BCUT2D eigenvalue weighted by Gasteiger charge is 2.00. The SMILES string of the molecule is CNCCN(C=O)Cc1ccccc1. The fraction of sp³-hybridized carbons (Fsp3) is 0.364. The molecule has 76 valence electrons. The van der Waals surface area contributed by atoms with Gasteiger partial charge in [-0.1, -0.05) is 30.3 Å². The van der Waals surface area contributed by atoms with Crippen LogP contribution in [-0.4, -0.2) is 31.4 Å². The number of amides is 1. The van der Waals surface area contributed by atoms with Gasteiger partial charge in [-0.25, -0.2) is 0 Å². The zero-order valence-electron chi connectivity index (χ0n) is 8.44. The number of hydrogen-bond acceptors (Lipinski definition) is 2. The highest BCUT2D eigenvalue weighted by Crippen LogP contribution is 2.01. The van der Waals surface area contributed by atoms with Crippen molar-refractivity contribution in [3.8, 4) is 0 Å². The van der Waals surface area contributed by atoms with Crippen molar-refractivity contribution in [2.24, 2.45) is 0 Å². The second-order valence-corrected chi connectivity index (χ2v) is 3.17. The predicted molar refractivity (Wildman–Crippen MR) is 56.8 cm³/mol. The van der Waals surface area contributed by atoms with Crippen molar-refractivity contribution >= 4 is 6.41 Å². The molecule has 0 atom stereocenters. The number of nitrogens with zero attached hydrogens (tertiary/aromatic N) is 1. The number of nitrogens with one attached hydrogen (secondary N) is 1. The van der Waals surface area contributed by atoms with Gasteiger partial charge < -0.3 is 10.2 Å². The Kier molecular flexibility index (Phi) is 4.72. The van der Waals surface area contributed by atoms with Crippen LogP contribution in [0.25, 0.3) is 0 Å². The van der Waals surface area contributed by atoms with E-state index in [4.69, 9.17) is 0 Å². The van der Waals surface area contributed by atoms with Crippen molar-refractivity contribution in [2.45, 2.75) is 6.54 Å². The van der Waals surface area contributed by atoms with Crippen molar-refractivity contribution in [1.29, 1.82) is 0 Å². The normalized spacial score (nSPS) is 9.79. The first-order valence-electron chi connectivity index (χ1n) is 4.74. The Labute approximate surface area is 84.7 Å². The van der Waals surface area contributed by atoms with Gasteiger partial charge in [-0.05, 0) is 12.6 Å². The molecule has 0 saturated heterocycles. The molecule has 14 heavy (non-hydrogen) atoms. The predicted octanol–water partition coefficient (Wildman–Crippen LogP) is 0.864. The van der Waals surface area contributed by atoms with Crippen molar-refractivity contribution in [2.75, 3.05) is 20.1 Å². The number of likely N-dealkylation sites (N-methyl/N-ethyl adjacent to an activating group) is 1. The summed E-state index contributed by atoms with van der Waals surface area (Å²) in [7, 11) is 1.88. The summed E-state index contributed by atoms with van der Waals surface area (Å²) in [5, 5.41) is 3.02. The first-order valence-corrected chi connectivity index (χ1v) is 4.74. The molecule has 0 radical (unpaired) electrons. The third-order valence-electron chi connectivity index (χ3n) is 2.03. The smallest absolute Gasteiger partial charge is 0.210 e. The highest BCUT2D eigenvalue weighted by molar-refractivity contribution is 5.47. The minimum Gasteiger partial charge on any atom is -0.340 e. The maximum atomic E-state index is 10.7. The Morgan fingerprint density at radius 1 is 1.36 bits per heavy atom. The molecule has 1 aromatic carbocycles. The summed E-state index contributed by atoms with van der Waals surface area (Å²) >= 11 is 0. The first-order chi connectivity index (χ1) is 6.86. The van der Waals surface area contributed by atoms with Gasteiger partial charge in [0.25, 0.3) is 0 Å². The minimum atomic E-state index is 0.687. The molecular formula is C11H16N2O. The van der Waals surface area contributed by atoms with Crippen LogP contribution < -0.4 is 5.32 Å². The molecule has 0 unspecified atom stereocenters. The van der Waals surface area contributed by atoms with E-state index < -0.39 is 0 Å². The molecular weight excluding hydrogens is 176 g/mol. The zero-order chi connectivity index (χ0) is 10.2. The molecule has 0 aliphatic carbocycles. The molecule has 1 rings (SSSR count). The van der Waals surface area contributed by atoms with Crippen LogP contribution in [0.4, 0.5) is 0 Å². The number of benzene rings is 1. The molecule has 3 heteroatoms. The van der Waals surface area contributed by atoms with E-state index >= 15 is 0 Å². The fourth-order valence-electron chi connectivity index (χ4n) is 1.24. The van der Waals surface area contributed by atoms with Gasteiger partial charge >= 0.3 is 0 Å². The molecule has 3 nitrogen and oxygen atoms in total. The van der Waals surface area contributed by atoms with Crippen LogP contribution in [0.15, 0.2) is 30.3 Å². The molecule has 0 heterocycles. The molecule has 1 amide bonds. The second kappa shape index (κ2) is 6.16. The lowest BCUT2D eigenvalue weighted by Crippen LogP contribution is -2.29. The van der Waals surface area contributed by atoms with E-state index in [1.807, 2.05) is 37.4 Å². The van der Waals surface area contributed by atoms with Crippen LogP contribution in [-0.2, 0) is 11.3 Å². The van der Waals surface area contributed by atoms with Crippen molar-refractivity contribution in [1.82, 2.24) is 10.2 Å². The van der Waals surface area contributed by atoms with Gasteiger partial charge in [-0.15, -0.1) is 0 Å². The Morgan fingerprint density at radius 3 is 2.64 bits per heavy atom. The van der Waals surface area contributed by atoms with Gasteiger partial charge in [0.1, 0.15) is 0 Å². The lowest BCUT2D eigenvalue weighted by atomic mass is 10.2. The van der Waals surface area contributed by atoms with Gasteiger partial charge in [0.05, 0.1) is 0 Å². The van der Waals surface area contributed by atoms with Gasteiger partial charge in [0.2, 0.25) is 6.41 Å². The summed E-state index contributed by atoms with van der Waals surface area (Å²) in [5.41, 5.74) is 1.16. The second-order valence-electron chi connectivity index (χ2n) is 3.17. The van der Waals surface area contributed by atoms with E-state index in [-0.39, 0.29) is 0 Å². The summed E-state index contributed by atoms with van der Waals surface area (Å²) in [6.07, 6.45) is 0.893. The van der Waals surface area contributed by atoms with Crippen LogP contribution in [0.5, 0.6) is 0 Å². The van der Waals surface area contributed by atoms with Gasteiger partial charge in [0.15, 0.2) is 0 Å². The van der Waals surface area contributed by atoms with Crippen LogP contribution in [0.1, 0.15) is 5.56 Å². The van der Waals surface area contributed by atoms with Crippen molar-refractivity contribution in [3.05, 3.63) is 35.9 Å². The summed E-state index contributed by atoms with van der Waals surface area (Å²) in [5.74, 6) is 0. The lowest BCUT2D eigenvalue weighted by molar-refractivity contribution is -0.118. The highest BCUT2D eigenvalue weighted by atomic mass is 16.1. The van der Waals surface area contributed by atoms with Gasteiger partial charge in [0, 0.05) is 19.6 Å². The number of carbonyl (C=O) groups excluding carboxylic acids is 1. The molecule has 0 bridgehead atoms. The molecule has 0 saturated carbocycles. The van der Waals surface area contributed by atoms with Gasteiger partial charge in [-0.3, -0.25) is 4.79 Å². The lowest BCUT2D eigenvalue weighted by Gasteiger charge is -2.16. The Balaban J connectivity index is 2.44. The monoisotopic (exact) mass is 192 g/mol. The summed E-state index contributed by atoms with van der Waals surface area (Å²) in [4.78, 5) is 12.5. The van der Waals surface area contributed by atoms with E-state index in [0.717, 1.165) is 25.1 Å². The van der Waals surface area contributed by atoms with Crippen LogP contribution in [0.2, 0.25) is 0 Å². The van der Waals surface area contributed by atoms with Gasteiger partial charge in [-0.2, -0.15) is 0 Å². The van der Waals surface area contributed by atoms with E-state index in [2.05, 4.69) is 5.32 Å². The van der Waals surface area contributed by atoms with Crippen LogP contribution >= 0.6 is 0 Å². The quantitative estimate of drug-likeness (QED) is 0.678. The van der Waals surface area contributed by atoms with E-state index in [1.165, 1.54) is 0 Å². The number of carbonyl (C=O) groups is 1. The maximum Gasteiger partial charge on any atom is 0.210 e. The van der Waals surface area contributed by atoms with Crippen LogP contribution in [0, 0.1) is 0 Å². The summed E-state index contributed by atoms with van der Waals surface area (Å²) in [6, 6.07) is 9.99. The topological polar surface area (TPSA) is 32.3 Å². The average Bonchev–Trinajstić information content (AvgIpc) is 2.25. The van der Waals surface area contributed by atoms with E-state index in [1.54, 1.807) is 4.90 Å². The molecule has 0 aliphatic rings. The Morgan fingerprint density at radius 2 is 2.07 bits per heavy atom. The zero-order valence-corrected chi connectivity index (χ0v) is 8.44. The first kappa shape index (κ1) is 10.7. The van der Waals surface area contributed by atoms with Crippen LogP contribution in [0.3, 0.4) is 0 Å². The third kappa shape index (κ3) is 3.58. The fourth-order valence-corrected chi connectivity index (χ4v) is 1.24. The third-order valence-corrected chi connectivity index (χ3v) is 2.03. The Bertz CT molecular complexity index is 261. The standard InChI is InChI=1S/C11H16N2O/c1-12-7-8-13(10-14)9-11-5-3-2-4-6-11/h2-6,10,12H,7-9H2,1H3. The number of hydrogen-bond donors (Lipinski definition) is 1. The summed E-state index contributed by atoms with van der Waals surface area (Å²) in [6.45, 7) is 2.26. The molecule has 1 N–H and O–H groups in total. The molecule has 0 aromatic heterocycles. The molecule has 0 aliphatic heterocycles. The summed E-state index contributed by atoms with van der Waals surface area (Å²) < 4.78 is 0. The van der Waals surface area contributed by atoms with Crippen molar-refractivity contribution < 1.29 is 4.79 Å². The maximum absolute atomic E-state index is 10.7. The average molecular weight is 192 g/mol. The number of rotatable bonds is 6. The minimum absolute atomic E-state index is 0.687. The van der Waals surface area contributed by atoms with E-state index in [9.17, 15) is 4.79 Å². The molecule has 1 aromatic rings. The van der Waals surface area contributed by atoms with Crippen molar-refractivity contribution in [3.63, 3.8) is 0 Å². The molecule has 0 fully saturated rings.